The van der Waals surface area contributed by atoms with Crippen molar-refractivity contribution in [2.45, 2.75) is 0 Å². The van der Waals surface area contributed by atoms with Gasteiger partial charge in [0.2, 0.25) is 0 Å². The van der Waals surface area contributed by atoms with E-state index in [2.05, 4.69) is 33.1 Å². The van der Waals surface area contributed by atoms with E-state index in [1.807, 2.05) is 42.5 Å². The molecular formula is C19H11BrN4. The number of aromatic nitrogens is 1. The van der Waals surface area contributed by atoms with E-state index in [0.717, 1.165) is 21.2 Å². The number of hydrogen-bond acceptors (Lipinski definition) is 4. The molecule has 4 nitrogen and oxygen atoms in total. The highest BCUT2D eigenvalue weighted by atomic mass is 79.9. The van der Waals surface area contributed by atoms with Crippen molar-refractivity contribution in [3.05, 3.63) is 70.2 Å². The molecule has 2 N–H and O–H groups in total. The Labute approximate surface area is 147 Å². The molecule has 0 bridgehead atoms. The lowest BCUT2D eigenvalue weighted by atomic mass is 9.98. The number of hydrogen-bond donors (Lipinski definition) is 1. The maximum atomic E-state index is 9.46. The monoisotopic (exact) mass is 374 g/mol. The molecule has 0 spiro atoms. The van der Waals surface area contributed by atoms with Crippen molar-refractivity contribution in [3.8, 4) is 34.5 Å². The molecule has 0 saturated carbocycles. The summed E-state index contributed by atoms with van der Waals surface area (Å²) >= 11 is 3.51. The first kappa shape index (κ1) is 15.7. The van der Waals surface area contributed by atoms with E-state index in [-0.39, 0.29) is 5.82 Å². The van der Waals surface area contributed by atoms with Gasteiger partial charge in [0, 0.05) is 15.6 Å². The summed E-state index contributed by atoms with van der Waals surface area (Å²) in [6, 6.07) is 20.8. The van der Waals surface area contributed by atoms with Gasteiger partial charge in [0.1, 0.15) is 17.5 Å². The summed E-state index contributed by atoms with van der Waals surface area (Å²) < 4.78 is 0.873. The van der Waals surface area contributed by atoms with E-state index in [1.54, 1.807) is 12.1 Å². The van der Waals surface area contributed by atoms with Crippen molar-refractivity contribution in [1.29, 1.82) is 10.5 Å². The van der Waals surface area contributed by atoms with Crippen LogP contribution in [-0.4, -0.2) is 4.98 Å². The van der Waals surface area contributed by atoms with Gasteiger partial charge in [-0.2, -0.15) is 10.5 Å². The first-order valence-electron chi connectivity index (χ1n) is 7.10. The zero-order chi connectivity index (χ0) is 17.1. The van der Waals surface area contributed by atoms with Crippen LogP contribution in [0.4, 0.5) is 5.82 Å². The predicted octanol–water partition coefficient (Wildman–Crippen LogP) is 4.50. The highest BCUT2D eigenvalue weighted by Gasteiger charge is 2.15. The first-order chi connectivity index (χ1) is 11.6. The number of benzene rings is 2. The molecule has 0 unspecified atom stereocenters. The molecular weight excluding hydrogens is 364 g/mol. The number of anilines is 1. The van der Waals surface area contributed by atoms with E-state index in [0.29, 0.717) is 16.8 Å². The summed E-state index contributed by atoms with van der Waals surface area (Å²) in [6.07, 6.45) is 0. The quantitative estimate of drug-likeness (QED) is 0.714. The van der Waals surface area contributed by atoms with E-state index < -0.39 is 0 Å². The van der Waals surface area contributed by atoms with E-state index >= 15 is 0 Å². The van der Waals surface area contributed by atoms with Gasteiger partial charge in [-0.25, -0.2) is 4.98 Å². The molecule has 114 valence electrons. The molecule has 0 aliphatic heterocycles. The second-order valence-corrected chi connectivity index (χ2v) is 5.95. The maximum absolute atomic E-state index is 9.46. The summed E-state index contributed by atoms with van der Waals surface area (Å²) in [6.45, 7) is 0. The molecule has 0 saturated heterocycles. The molecule has 1 heterocycles. The smallest absolute Gasteiger partial charge is 0.142 e. The predicted molar refractivity (Wildman–Crippen MR) is 96.7 cm³/mol. The lowest BCUT2D eigenvalue weighted by Crippen LogP contribution is -2.00. The molecule has 0 amide bonds. The molecule has 24 heavy (non-hydrogen) atoms. The third kappa shape index (κ3) is 2.86. The molecule has 3 rings (SSSR count). The van der Waals surface area contributed by atoms with Crippen LogP contribution in [0.15, 0.2) is 59.1 Å². The molecule has 3 aromatic rings. The lowest BCUT2D eigenvalue weighted by molar-refractivity contribution is 1.31. The fraction of sp³-hybridized carbons (Fsp3) is 0. The number of pyridine rings is 1. The number of rotatable bonds is 2. The third-order valence-electron chi connectivity index (χ3n) is 3.63. The second kappa shape index (κ2) is 6.54. The van der Waals surface area contributed by atoms with E-state index in [9.17, 15) is 5.26 Å². The zero-order valence-electron chi connectivity index (χ0n) is 12.5. The van der Waals surface area contributed by atoms with Gasteiger partial charge in [-0.1, -0.05) is 46.3 Å². The van der Waals surface area contributed by atoms with Crippen LogP contribution in [0, 0.1) is 22.7 Å². The normalized spacial score (nSPS) is 9.96. The summed E-state index contributed by atoms with van der Waals surface area (Å²) in [5.74, 6) is 0.185. The van der Waals surface area contributed by atoms with Crippen LogP contribution in [0.5, 0.6) is 0 Å². The molecule has 0 aliphatic carbocycles. The average Bonchev–Trinajstić information content (AvgIpc) is 2.61. The van der Waals surface area contributed by atoms with Crippen molar-refractivity contribution in [3.63, 3.8) is 0 Å². The minimum atomic E-state index is 0.185. The van der Waals surface area contributed by atoms with E-state index in [4.69, 9.17) is 11.0 Å². The standard InChI is InChI=1S/C19H11BrN4/c20-17-4-2-1-3-14(17)15-9-18(24-19(23)16(15)11-22)13-7-5-12(10-21)6-8-13/h1-9H,(H2,23,24). The highest BCUT2D eigenvalue weighted by Crippen LogP contribution is 2.35. The summed E-state index contributed by atoms with van der Waals surface area (Å²) in [4.78, 5) is 4.34. The first-order valence-corrected chi connectivity index (χ1v) is 7.89. The maximum Gasteiger partial charge on any atom is 0.142 e. The Morgan fingerprint density at radius 1 is 0.917 bits per heavy atom. The van der Waals surface area contributed by atoms with Gasteiger partial charge in [0.25, 0.3) is 0 Å². The van der Waals surface area contributed by atoms with Crippen molar-refractivity contribution in [2.24, 2.45) is 0 Å². The Kier molecular flexibility index (Phi) is 4.29. The zero-order valence-corrected chi connectivity index (χ0v) is 14.1. The SMILES string of the molecule is N#Cc1ccc(-c2cc(-c3ccccc3Br)c(C#N)c(N)n2)cc1. The Balaban J connectivity index is 2.22. The molecule has 0 fully saturated rings. The van der Waals surface area contributed by atoms with Crippen LogP contribution >= 0.6 is 15.9 Å². The summed E-state index contributed by atoms with van der Waals surface area (Å²) in [5.41, 5.74) is 10.0. The fourth-order valence-corrected chi connectivity index (χ4v) is 2.94. The number of halogens is 1. The van der Waals surface area contributed by atoms with Gasteiger partial charge in [-0.05, 0) is 29.8 Å². The number of nitrogens with two attached hydrogens (primary N) is 1. The molecule has 1 aromatic heterocycles. The number of nitriles is 2. The molecule has 0 atom stereocenters. The Bertz CT molecular complexity index is 995. The van der Waals surface area contributed by atoms with Crippen molar-refractivity contribution >= 4 is 21.7 Å². The van der Waals surface area contributed by atoms with Gasteiger partial charge in [-0.3, -0.25) is 0 Å². The van der Waals surface area contributed by atoms with Crippen LogP contribution in [0.3, 0.4) is 0 Å². The lowest BCUT2D eigenvalue weighted by Gasteiger charge is -2.11. The van der Waals surface area contributed by atoms with Crippen LogP contribution in [0.25, 0.3) is 22.4 Å². The molecule has 2 aromatic carbocycles. The Hall–Kier alpha value is -3.15. The summed E-state index contributed by atoms with van der Waals surface area (Å²) in [5, 5.41) is 18.4. The highest BCUT2D eigenvalue weighted by molar-refractivity contribution is 9.10. The van der Waals surface area contributed by atoms with Crippen molar-refractivity contribution in [2.75, 3.05) is 5.73 Å². The van der Waals surface area contributed by atoms with Crippen LogP contribution in [0.2, 0.25) is 0 Å². The van der Waals surface area contributed by atoms with Gasteiger partial charge >= 0.3 is 0 Å². The van der Waals surface area contributed by atoms with Crippen molar-refractivity contribution in [1.82, 2.24) is 4.98 Å². The second-order valence-electron chi connectivity index (χ2n) is 5.10. The van der Waals surface area contributed by atoms with Gasteiger partial charge in [0.15, 0.2) is 0 Å². The molecule has 0 radical (unpaired) electrons. The van der Waals surface area contributed by atoms with Crippen LogP contribution in [-0.2, 0) is 0 Å². The van der Waals surface area contributed by atoms with Gasteiger partial charge in [-0.15, -0.1) is 0 Å². The Morgan fingerprint density at radius 3 is 2.25 bits per heavy atom. The largest absolute Gasteiger partial charge is 0.383 e. The van der Waals surface area contributed by atoms with Crippen molar-refractivity contribution < 1.29 is 0 Å². The van der Waals surface area contributed by atoms with Gasteiger partial charge < -0.3 is 5.73 Å². The molecule has 0 aliphatic rings. The minimum absolute atomic E-state index is 0.185. The topological polar surface area (TPSA) is 86.5 Å². The number of nitrogens with zero attached hydrogens (tertiary/aromatic N) is 3. The minimum Gasteiger partial charge on any atom is -0.383 e. The molecule has 5 heteroatoms. The van der Waals surface area contributed by atoms with Crippen LogP contribution in [0.1, 0.15) is 11.1 Å². The van der Waals surface area contributed by atoms with Crippen LogP contribution < -0.4 is 5.73 Å². The number of nitrogen functional groups attached to an aromatic ring is 1. The average molecular weight is 375 g/mol. The Morgan fingerprint density at radius 2 is 1.62 bits per heavy atom. The fourth-order valence-electron chi connectivity index (χ4n) is 2.44. The summed E-state index contributed by atoms with van der Waals surface area (Å²) in [7, 11) is 0. The van der Waals surface area contributed by atoms with E-state index in [1.165, 1.54) is 0 Å². The third-order valence-corrected chi connectivity index (χ3v) is 4.32. The van der Waals surface area contributed by atoms with Gasteiger partial charge in [0.05, 0.1) is 17.3 Å².